The van der Waals surface area contributed by atoms with Gasteiger partial charge in [0.15, 0.2) is 5.82 Å². The predicted octanol–water partition coefficient (Wildman–Crippen LogP) is 7.84. The molecule has 0 aliphatic carbocycles. The summed E-state index contributed by atoms with van der Waals surface area (Å²) in [7, 11) is 0. The van der Waals surface area contributed by atoms with Gasteiger partial charge in [0.05, 0.1) is 5.69 Å². The van der Waals surface area contributed by atoms with Crippen molar-refractivity contribution in [3.05, 3.63) is 66.1 Å². The second kappa shape index (κ2) is 13.0. The Balaban J connectivity index is 1.52. The summed E-state index contributed by atoms with van der Waals surface area (Å²) in [4.78, 5) is 13.8. The van der Waals surface area contributed by atoms with E-state index in [-0.39, 0.29) is 0 Å². The Bertz CT molecular complexity index is 868. The summed E-state index contributed by atoms with van der Waals surface area (Å²) in [5.74, 6) is 0.785. The molecule has 0 spiro atoms. The molecule has 3 aromatic rings. The van der Waals surface area contributed by atoms with Crippen LogP contribution in [-0.2, 0) is 12.8 Å². The quantitative estimate of drug-likeness (QED) is 0.267. The molecular formula is C28H37N3. The van der Waals surface area contributed by atoms with Crippen molar-refractivity contribution in [2.75, 3.05) is 0 Å². The minimum atomic E-state index is 0.785. The van der Waals surface area contributed by atoms with E-state index in [4.69, 9.17) is 4.98 Å². The highest BCUT2D eigenvalue weighted by molar-refractivity contribution is 5.65. The second-order valence-electron chi connectivity index (χ2n) is 8.52. The molecule has 0 amide bonds. The first-order chi connectivity index (χ1) is 15.3. The van der Waals surface area contributed by atoms with E-state index in [0.29, 0.717) is 0 Å². The molecule has 0 radical (unpaired) electrons. The Morgan fingerprint density at radius 3 is 1.74 bits per heavy atom. The van der Waals surface area contributed by atoms with Crippen molar-refractivity contribution in [2.24, 2.45) is 0 Å². The maximum atomic E-state index is 4.70. The molecule has 3 rings (SSSR count). The number of hydrogen-bond acceptors (Lipinski definition) is 3. The first kappa shape index (κ1) is 23.1. The summed E-state index contributed by atoms with van der Waals surface area (Å²) in [6.45, 7) is 4.49. The van der Waals surface area contributed by atoms with Gasteiger partial charge < -0.3 is 0 Å². The van der Waals surface area contributed by atoms with Crippen LogP contribution in [0.15, 0.2) is 55.0 Å². The van der Waals surface area contributed by atoms with E-state index in [0.717, 1.165) is 35.5 Å². The van der Waals surface area contributed by atoms with Gasteiger partial charge in [-0.05, 0) is 42.9 Å². The van der Waals surface area contributed by atoms with Crippen LogP contribution in [-0.4, -0.2) is 15.0 Å². The second-order valence-corrected chi connectivity index (χ2v) is 8.52. The number of aryl methyl sites for hydroxylation is 2. The molecule has 31 heavy (non-hydrogen) atoms. The lowest BCUT2D eigenvalue weighted by molar-refractivity contribution is 0.607. The summed E-state index contributed by atoms with van der Waals surface area (Å²) in [6.07, 6.45) is 19.9. The lowest BCUT2D eigenvalue weighted by atomic mass is 10.0. The molecule has 0 saturated carbocycles. The highest BCUT2D eigenvalue weighted by atomic mass is 14.9. The van der Waals surface area contributed by atoms with E-state index >= 15 is 0 Å². The van der Waals surface area contributed by atoms with Crippen molar-refractivity contribution in [3.63, 3.8) is 0 Å². The van der Waals surface area contributed by atoms with Gasteiger partial charge >= 0.3 is 0 Å². The normalized spacial score (nSPS) is 11.0. The molecule has 0 bridgehead atoms. The van der Waals surface area contributed by atoms with E-state index in [2.05, 4.69) is 60.2 Å². The summed E-state index contributed by atoms with van der Waals surface area (Å²) < 4.78 is 0. The predicted molar refractivity (Wildman–Crippen MR) is 131 cm³/mol. The van der Waals surface area contributed by atoms with Gasteiger partial charge in [-0.25, -0.2) is 9.97 Å². The SMILES string of the molecule is CCCCCCCCc1ccc(-c2ccc(-c3ncc(CCCCC)cn3)cc2)nc1. The Morgan fingerprint density at radius 1 is 0.516 bits per heavy atom. The molecule has 0 atom stereocenters. The van der Waals surface area contributed by atoms with Crippen LogP contribution in [0.25, 0.3) is 22.6 Å². The van der Waals surface area contributed by atoms with Crippen LogP contribution >= 0.6 is 0 Å². The highest BCUT2D eigenvalue weighted by Gasteiger charge is 2.05. The third kappa shape index (κ3) is 7.57. The number of hydrogen-bond donors (Lipinski definition) is 0. The fourth-order valence-electron chi connectivity index (χ4n) is 3.85. The Morgan fingerprint density at radius 2 is 1.06 bits per heavy atom. The first-order valence-corrected chi connectivity index (χ1v) is 12.2. The average Bonchev–Trinajstić information content (AvgIpc) is 2.82. The molecule has 2 aromatic heterocycles. The number of unbranched alkanes of at least 4 members (excludes halogenated alkanes) is 7. The van der Waals surface area contributed by atoms with Crippen LogP contribution in [0.2, 0.25) is 0 Å². The van der Waals surface area contributed by atoms with E-state index in [1.807, 2.05) is 18.6 Å². The Labute approximate surface area is 188 Å². The van der Waals surface area contributed by atoms with Crippen molar-refractivity contribution >= 4 is 0 Å². The first-order valence-electron chi connectivity index (χ1n) is 12.2. The summed E-state index contributed by atoms with van der Waals surface area (Å²) >= 11 is 0. The van der Waals surface area contributed by atoms with Gasteiger partial charge in [0.25, 0.3) is 0 Å². The lowest BCUT2D eigenvalue weighted by Crippen LogP contribution is -1.93. The van der Waals surface area contributed by atoms with E-state index in [1.165, 1.54) is 68.9 Å². The van der Waals surface area contributed by atoms with E-state index < -0.39 is 0 Å². The van der Waals surface area contributed by atoms with Crippen molar-refractivity contribution < 1.29 is 0 Å². The third-order valence-corrected chi connectivity index (χ3v) is 5.86. The van der Waals surface area contributed by atoms with Gasteiger partial charge in [-0.15, -0.1) is 0 Å². The summed E-state index contributed by atoms with van der Waals surface area (Å²) in [5.41, 5.74) is 5.75. The lowest BCUT2D eigenvalue weighted by Gasteiger charge is -2.06. The van der Waals surface area contributed by atoms with Gasteiger partial charge in [0.2, 0.25) is 0 Å². The molecule has 0 saturated heterocycles. The van der Waals surface area contributed by atoms with E-state index in [9.17, 15) is 0 Å². The molecule has 0 unspecified atom stereocenters. The fraction of sp³-hybridized carbons (Fsp3) is 0.464. The topological polar surface area (TPSA) is 38.7 Å². The Hall–Kier alpha value is -2.55. The minimum absolute atomic E-state index is 0.785. The van der Waals surface area contributed by atoms with Crippen LogP contribution < -0.4 is 0 Å². The van der Waals surface area contributed by atoms with Gasteiger partial charge in [0, 0.05) is 29.7 Å². The summed E-state index contributed by atoms with van der Waals surface area (Å²) in [6, 6.07) is 12.8. The van der Waals surface area contributed by atoms with Gasteiger partial charge in [-0.3, -0.25) is 4.98 Å². The number of rotatable bonds is 13. The molecule has 3 nitrogen and oxygen atoms in total. The molecule has 164 valence electrons. The zero-order chi connectivity index (χ0) is 21.7. The Kier molecular flexibility index (Phi) is 9.69. The van der Waals surface area contributed by atoms with Crippen LogP contribution in [0.4, 0.5) is 0 Å². The monoisotopic (exact) mass is 415 g/mol. The smallest absolute Gasteiger partial charge is 0.159 e. The standard InChI is InChI=1S/C28H37N3/c1-3-5-7-8-9-11-12-23-14-19-27(29-20-23)25-15-17-26(18-16-25)28-30-21-24(22-31-28)13-10-6-4-2/h14-22H,3-13H2,1-2H3. The van der Waals surface area contributed by atoms with E-state index in [1.54, 1.807) is 0 Å². The molecule has 3 heteroatoms. The van der Waals surface area contributed by atoms with Crippen LogP contribution in [0.1, 0.15) is 82.8 Å². The zero-order valence-electron chi connectivity index (χ0n) is 19.3. The number of aromatic nitrogens is 3. The van der Waals surface area contributed by atoms with Gasteiger partial charge in [0.1, 0.15) is 0 Å². The number of pyridine rings is 1. The fourth-order valence-corrected chi connectivity index (χ4v) is 3.85. The maximum Gasteiger partial charge on any atom is 0.159 e. The molecule has 0 fully saturated rings. The largest absolute Gasteiger partial charge is 0.256 e. The third-order valence-electron chi connectivity index (χ3n) is 5.86. The number of nitrogens with zero attached hydrogens (tertiary/aromatic N) is 3. The van der Waals surface area contributed by atoms with Crippen LogP contribution in [0.5, 0.6) is 0 Å². The van der Waals surface area contributed by atoms with Crippen LogP contribution in [0, 0.1) is 0 Å². The van der Waals surface area contributed by atoms with Crippen molar-refractivity contribution in [2.45, 2.75) is 84.5 Å². The van der Waals surface area contributed by atoms with Crippen molar-refractivity contribution in [1.82, 2.24) is 15.0 Å². The average molecular weight is 416 g/mol. The zero-order valence-corrected chi connectivity index (χ0v) is 19.3. The molecule has 1 aromatic carbocycles. The van der Waals surface area contributed by atoms with Gasteiger partial charge in [-0.2, -0.15) is 0 Å². The summed E-state index contributed by atoms with van der Waals surface area (Å²) in [5, 5.41) is 0. The molecule has 0 aliphatic rings. The maximum absolute atomic E-state index is 4.70. The van der Waals surface area contributed by atoms with Gasteiger partial charge in [-0.1, -0.05) is 89.1 Å². The van der Waals surface area contributed by atoms with Crippen molar-refractivity contribution in [1.29, 1.82) is 0 Å². The molecule has 2 heterocycles. The van der Waals surface area contributed by atoms with Crippen molar-refractivity contribution in [3.8, 4) is 22.6 Å². The van der Waals surface area contributed by atoms with Crippen LogP contribution in [0.3, 0.4) is 0 Å². The molecule has 0 N–H and O–H groups in total. The minimum Gasteiger partial charge on any atom is -0.256 e. The molecule has 0 aliphatic heterocycles. The highest BCUT2D eigenvalue weighted by Crippen LogP contribution is 2.22. The molecular weight excluding hydrogens is 378 g/mol. The number of benzene rings is 1.